The smallest absolute Gasteiger partial charge is 0.170 e. The van der Waals surface area contributed by atoms with Gasteiger partial charge in [-0.15, -0.1) is 0 Å². The molecule has 0 aliphatic carbocycles. The molecule has 0 N–H and O–H groups in total. The Morgan fingerprint density at radius 3 is 2.48 bits per heavy atom. The molecule has 0 atom stereocenters. The van der Waals surface area contributed by atoms with Crippen LogP contribution in [0.15, 0.2) is 30.3 Å². The second-order valence-corrected chi connectivity index (χ2v) is 5.82. The lowest BCUT2D eigenvalue weighted by atomic mass is 10.0. The van der Waals surface area contributed by atoms with Crippen LogP contribution in [0.1, 0.15) is 25.7 Å². The van der Waals surface area contributed by atoms with Gasteiger partial charge in [-0.05, 0) is 25.0 Å². The van der Waals surface area contributed by atoms with E-state index in [1.165, 1.54) is 0 Å². The fourth-order valence-corrected chi connectivity index (χ4v) is 3.02. The molecule has 0 saturated carbocycles. The van der Waals surface area contributed by atoms with Gasteiger partial charge in [0, 0.05) is 32.5 Å². The van der Waals surface area contributed by atoms with Crippen molar-refractivity contribution in [2.45, 2.75) is 31.5 Å². The van der Waals surface area contributed by atoms with Crippen molar-refractivity contribution in [3.05, 3.63) is 30.3 Å². The minimum absolute atomic E-state index is 0.269. The Morgan fingerprint density at radius 1 is 1.05 bits per heavy atom. The number of hydrogen-bond donors (Lipinski definition) is 0. The van der Waals surface area contributed by atoms with Crippen LogP contribution in [0.4, 0.5) is 0 Å². The minimum Gasteiger partial charge on any atom is -0.494 e. The van der Waals surface area contributed by atoms with Gasteiger partial charge in [0.25, 0.3) is 0 Å². The van der Waals surface area contributed by atoms with E-state index >= 15 is 0 Å². The Labute approximate surface area is 127 Å². The third-order valence-corrected chi connectivity index (χ3v) is 4.27. The molecule has 2 aliphatic rings. The summed E-state index contributed by atoms with van der Waals surface area (Å²) >= 11 is 0. The van der Waals surface area contributed by atoms with Gasteiger partial charge in [-0.1, -0.05) is 18.2 Å². The Hall–Kier alpha value is -1.10. The summed E-state index contributed by atoms with van der Waals surface area (Å²) in [6.07, 6.45) is 4.07. The fourth-order valence-electron chi connectivity index (χ4n) is 3.02. The molecule has 0 bridgehead atoms. The number of likely N-dealkylation sites (tertiary alicyclic amines) is 1. The number of hydrogen-bond acceptors (Lipinski definition) is 4. The van der Waals surface area contributed by atoms with Crippen molar-refractivity contribution in [3.63, 3.8) is 0 Å². The summed E-state index contributed by atoms with van der Waals surface area (Å²) in [4.78, 5) is 2.49. The first-order valence-corrected chi connectivity index (χ1v) is 8.04. The highest BCUT2D eigenvalue weighted by Gasteiger charge is 2.37. The second-order valence-electron chi connectivity index (χ2n) is 5.82. The molecule has 0 radical (unpaired) electrons. The Morgan fingerprint density at radius 2 is 1.76 bits per heavy atom. The van der Waals surface area contributed by atoms with Gasteiger partial charge in [-0.3, -0.25) is 0 Å². The lowest BCUT2D eigenvalue weighted by Gasteiger charge is -2.43. The van der Waals surface area contributed by atoms with Gasteiger partial charge in [-0.25, -0.2) is 0 Å². The van der Waals surface area contributed by atoms with Crippen LogP contribution in [-0.2, 0) is 9.47 Å². The molecule has 2 fully saturated rings. The number of ether oxygens (including phenoxy) is 3. The first-order chi connectivity index (χ1) is 10.4. The first-order valence-electron chi connectivity index (χ1n) is 8.04. The van der Waals surface area contributed by atoms with Gasteiger partial charge < -0.3 is 19.1 Å². The van der Waals surface area contributed by atoms with Crippen LogP contribution in [0.5, 0.6) is 5.75 Å². The average Bonchev–Trinajstić information content (AvgIpc) is 2.55. The zero-order valence-corrected chi connectivity index (χ0v) is 12.6. The van der Waals surface area contributed by atoms with E-state index in [4.69, 9.17) is 14.2 Å². The molecular weight excluding hydrogens is 266 g/mol. The fraction of sp³-hybridized carbons (Fsp3) is 0.647. The van der Waals surface area contributed by atoms with E-state index < -0.39 is 0 Å². The molecule has 4 nitrogen and oxygen atoms in total. The van der Waals surface area contributed by atoms with E-state index in [0.29, 0.717) is 0 Å². The van der Waals surface area contributed by atoms with E-state index in [-0.39, 0.29) is 5.79 Å². The van der Waals surface area contributed by atoms with Crippen molar-refractivity contribution < 1.29 is 14.2 Å². The summed E-state index contributed by atoms with van der Waals surface area (Å²) in [5.74, 6) is 0.689. The summed E-state index contributed by atoms with van der Waals surface area (Å²) < 4.78 is 17.5. The van der Waals surface area contributed by atoms with Crippen LogP contribution < -0.4 is 4.74 Å². The molecule has 2 aliphatic heterocycles. The lowest BCUT2D eigenvalue weighted by Crippen LogP contribution is -2.50. The van der Waals surface area contributed by atoms with E-state index in [0.717, 1.165) is 70.9 Å². The topological polar surface area (TPSA) is 30.9 Å². The van der Waals surface area contributed by atoms with Crippen molar-refractivity contribution in [2.24, 2.45) is 0 Å². The molecule has 0 aromatic heterocycles. The minimum atomic E-state index is -0.269. The van der Waals surface area contributed by atoms with E-state index in [9.17, 15) is 0 Å². The predicted molar refractivity (Wildman–Crippen MR) is 81.5 cm³/mol. The molecule has 4 heteroatoms. The van der Waals surface area contributed by atoms with Crippen molar-refractivity contribution in [1.82, 2.24) is 4.90 Å². The van der Waals surface area contributed by atoms with Crippen molar-refractivity contribution >= 4 is 0 Å². The van der Waals surface area contributed by atoms with Gasteiger partial charge in [0.15, 0.2) is 5.79 Å². The normalized spacial score (nSPS) is 22.3. The van der Waals surface area contributed by atoms with Crippen LogP contribution in [0.3, 0.4) is 0 Å². The van der Waals surface area contributed by atoms with E-state index in [1.807, 2.05) is 30.3 Å². The summed E-state index contributed by atoms with van der Waals surface area (Å²) in [7, 11) is 0. The summed E-state index contributed by atoms with van der Waals surface area (Å²) in [6, 6.07) is 10.0. The first kappa shape index (κ1) is 14.8. The van der Waals surface area contributed by atoms with E-state index in [1.54, 1.807) is 0 Å². The van der Waals surface area contributed by atoms with Crippen molar-refractivity contribution in [2.75, 3.05) is 39.5 Å². The van der Waals surface area contributed by atoms with E-state index in [2.05, 4.69) is 4.90 Å². The number of rotatable bonds is 5. The molecule has 3 rings (SSSR count). The molecule has 1 aromatic rings. The molecule has 2 heterocycles. The average molecular weight is 291 g/mol. The monoisotopic (exact) mass is 291 g/mol. The molecular formula is C17H25NO3. The van der Waals surface area contributed by atoms with Crippen LogP contribution in [-0.4, -0.2) is 50.1 Å². The Kier molecular flexibility index (Phi) is 5.12. The zero-order valence-electron chi connectivity index (χ0n) is 12.6. The van der Waals surface area contributed by atoms with Crippen LogP contribution in [0, 0.1) is 0 Å². The highest BCUT2D eigenvalue weighted by atomic mass is 16.7. The van der Waals surface area contributed by atoms with Gasteiger partial charge in [0.2, 0.25) is 0 Å². The number of piperidine rings is 1. The molecule has 0 amide bonds. The zero-order chi connectivity index (χ0) is 14.4. The highest BCUT2D eigenvalue weighted by Crippen LogP contribution is 2.30. The maximum atomic E-state index is 5.86. The SMILES string of the molecule is c1ccc(OCCCN2CCC3(CC2)OCCCO3)cc1. The molecule has 1 aromatic carbocycles. The third kappa shape index (κ3) is 4.19. The lowest BCUT2D eigenvalue weighted by molar-refractivity contribution is -0.283. The van der Waals surface area contributed by atoms with Gasteiger partial charge in [0.1, 0.15) is 5.75 Å². The van der Waals surface area contributed by atoms with Crippen LogP contribution in [0.25, 0.3) is 0 Å². The van der Waals surface area contributed by atoms with Gasteiger partial charge >= 0.3 is 0 Å². The summed E-state index contributed by atoms with van der Waals surface area (Å²) in [6.45, 7) is 5.69. The summed E-state index contributed by atoms with van der Waals surface area (Å²) in [5.41, 5.74) is 0. The predicted octanol–water partition coefficient (Wildman–Crippen LogP) is 2.68. The van der Waals surface area contributed by atoms with Gasteiger partial charge in [-0.2, -0.15) is 0 Å². The quantitative estimate of drug-likeness (QED) is 0.781. The Balaban J connectivity index is 1.32. The second kappa shape index (κ2) is 7.25. The molecule has 0 unspecified atom stereocenters. The largest absolute Gasteiger partial charge is 0.494 e. The molecule has 21 heavy (non-hydrogen) atoms. The van der Waals surface area contributed by atoms with Crippen LogP contribution in [0.2, 0.25) is 0 Å². The van der Waals surface area contributed by atoms with Crippen molar-refractivity contribution in [3.8, 4) is 5.75 Å². The maximum absolute atomic E-state index is 5.86. The standard InChI is InChI=1S/C17H25NO3/c1-2-6-16(7-3-1)19-13-4-10-18-11-8-17(9-12-18)20-14-5-15-21-17/h1-3,6-7H,4-5,8-15H2. The third-order valence-electron chi connectivity index (χ3n) is 4.27. The van der Waals surface area contributed by atoms with Gasteiger partial charge in [0.05, 0.1) is 19.8 Å². The number of para-hydroxylation sites is 1. The van der Waals surface area contributed by atoms with Crippen LogP contribution >= 0.6 is 0 Å². The maximum Gasteiger partial charge on any atom is 0.170 e. The van der Waals surface area contributed by atoms with Crippen molar-refractivity contribution in [1.29, 1.82) is 0 Å². The summed E-state index contributed by atoms with van der Waals surface area (Å²) in [5, 5.41) is 0. The molecule has 2 saturated heterocycles. The number of nitrogens with zero attached hydrogens (tertiary/aromatic N) is 1. The Bertz CT molecular complexity index is 407. The molecule has 116 valence electrons. The highest BCUT2D eigenvalue weighted by molar-refractivity contribution is 5.20. The number of benzene rings is 1. The molecule has 1 spiro atoms.